The fraction of sp³-hybridized carbons (Fsp3) is 0.685. The van der Waals surface area contributed by atoms with Crippen molar-refractivity contribution in [1.82, 2.24) is 0 Å². The van der Waals surface area contributed by atoms with E-state index in [2.05, 4.69) is 106 Å². The van der Waals surface area contributed by atoms with Gasteiger partial charge in [-0.3, -0.25) is 14.4 Å². The van der Waals surface area contributed by atoms with Crippen molar-refractivity contribution in [3.63, 3.8) is 0 Å². The van der Waals surface area contributed by atoms with Crippen molar-refractivity contribution in [3.05, 3.63) is 85.1 Å². The number of ether oxygens (including phenoxy) is 3. The zero-order chi connectivity index (χ0) is 43.7. The molecule has 1 atom stereocenters. The van der Waals surface area contributed by atoms with Crippen LogP contribution in [0.2, 0.25) is 0 Å². The van der Waals surface area contributed by atoms with Gasteiger partial charge in [0, 0.05) is 19.3 Å². The van der Waals surface area contributed by atoms with Crippen LogP contribution in [-0.4, -0.2) is 37.2 Å². The molecule has 0 bridgehead atoms. The van der Waals surface area contributed by atoms with E-state index in [4.69, 9.17) is 14.2 Å². The molecular weight excluding hydrogens is 745 g/mol. The summed E-state index contributed by atoms with van der Waals surface area (Å²) in [4.78, 5) is 37.7. The first-order chi connectivity index (χ1) is 29.5. The van der Waals surface area contributed by atoms with Crippen LogP contribution in [-0.2, 0) is 28.6 Å². The first-order valence-corrected chi connectivity index (χ1v) is 24.6. The van der Waals surface area contributed by atoms with Gasteiger partial charge < -0.3 is 14.2 Å². The number of hydrogen-bond acceptors (Lipinski definition) is 6. The van der Waals surface area contributed by atoms with Crippen LogP contribution in [0.1, 0.15) is 220 Å². The molecule has 60 heavy (non-hydrogen) atoms. The van der Waals surface area contributed by atoms with Crippen LogP contribution in [0, 0.1) is 0 Å². The van der Waals surface area contributed by atoms with E-state index >= 15 is 0 Å². The van der Waals surface area contributed by atoms with Crippen molar-refractivity contribution in [2.45, 2.75) is 226 Å². The molecule has 0 aliphatic heterocycles. The summed E-state index contributed by atoms with van der Waals surface area (Å²) in [6, 6.07) is 0. The van der Waals surface area contributed by atoms with Crippen LogP contribution in [0.4, 0.5) is 0 Å². The fourth-order valence-corrected chi connectivity index (χ4v) is 6.44. The van der Waals surface area contributed by atoms with Gasteiger partial charge in [-0.2, -0.15) is 0 Å². The van der Waals surface area contributed by atoms with E-state index in [0.29, 0.717) is 19.3 Å². The van der Waals surface area contributed by atoms with Gasteiger partial charge in [0.05, 0.1) is 0 Å². The molecule has 0 N–H and O–H groups in total. The van der Waals surface area contributed by atoms with Crippen molar-refractivity contribution in [1.29, 1.82) is 0 Å². The Labute approximate surface area is 369 Å². The van der Waals surface area contributed by atoms with Crippen LogP contribution < -0.4 is 0 Å². The van der Waals surface area contributed by atoms with Gasteiger partial charge in [0.25, 0.3) is 0 Å². The molecule has 0 aliphatic rings. The Bertz CT molecular complexity index is 1190. The van der Waals surface area contributed by atoms with Crippen LogP contribution in [0.5, 0.6) is 0 Å². The molecule has 6 heteroatoms. The number of carbonyl (C=O) groups excluding carboxylic acids is 3. The molecule has 342 valence electrons. The van der Waals surface area contributed by atoms with Gasteiger partial charge in [0.1, 0.15) is 13.2 Å². The van der Waals surface area contributed by atoms with Crippen molar-refractivity contribution in [2.75, 3.05) is 13.2 Å². The lowest BCUT2D eigenvalue weighted by Crippen LogP contribution is -2.30. The summed E-state index contributed by atoms with van der Waals surface area (Å²) in [7, 11) is 0. The van der Waals surface area contributed by atoms with Crippen molar-refractivity contribution < 1.29 is 28.6 Å². The Morgan fingerprint density at radius 1 is 0.350 bits per heavy atom. The highest BCUT2D eigenvalue weighted by atomic mass is 16.6. The average molecular weight is 835 g/mol. The maximum absolute atomic E-state index is 12.7. The smallest absolute Gasteiger partial charge is 0.306 e. The molecule has 6 nitrogen and oxygen atoms in total. The Hall–Kier alpha value is -3.41. The van der Waals surface area contributed by atoms with Crippen LogP contribution in [0.25, 0.3) is 0 Å². The van der Waals surface area contributed by atoms with Crippen LogP contribution in [0.3, 0.4) is 0 Å². The summed E-state index contributed by atoms with van der Waals surface area (Å²) in [5, 5.41) is 0. The number of carbonyl (C=O) groups is 3. The number of unbranched alkanes of at least 4 members (excludes halogenated alkanes) is 18. The highest BCUT2D eigenvalue weighted by Gasteiger charge is 2.19. The first kappa shape index (κ1) is 56.6. The van der Waals surface area contributed by atoms with Gasteiger partial charge in [-0.15, -0.1) is 0 Å². The molecule has 0 rings (SSSR count). The van der Waals surface area contributed by atoms with E-state index in [1.165, 1.54) is 57.8 Å². The third-order valence-corrected chi connectivity index (χ3v) is 10.1. The standard InChI is InChI=1S/C54H90O6/c1-4-7-10-13-16-18-20-22-24-26-27-28-30-31-33-35-38-41-44-47-53(56)59-50-51(49-58-52(55)46-43-40-37-15-12-9-6-3)60-54(57)48-45-42-39-36-34-32-29-25-23-21-19-17-14-11-8-5-2/h7,10,16,18-19,21-22,24-25,27-29,31,33,51H,4-6,8-9,11-15,17,20,23,26,30,32,34-50H2,1-3H3/b10-7-,18-16-,21-19-,24-22-,28-27-,29-25-,33-31-. The summed E-state index contributed by atoms with van der Waals surface area (Å²) >= 11 is 0. The predicted molar refractivity (Wildman–Crippen MR) is 256 cm³/mol. The van der Waals surface area contributed by atoms with E-state index in [-0.39, 0.29) is 31.1 Å². The second-order valence-electron chi connectivity index (χ2n) is 16.0. The van der Waals surface area contributed by atoms with Gasteiger partial charge >= 0.3 is 17.9 Å². The highest BCUT2D eigenvalue weighted by molar-refractivity contribution is 5.71. The minimum atomic E-state index is -0.794. The fourth-order valence-electron chi connectivity index (χ4n) is 6.44. The Balaban J connectivity index is 4.38. The third-order valence-electron chi connectivity index (χ3n) is 10.1. The Kier molecular flexibility index (Phi) is 45.5. The molecule has 0 saturated carbocycles. The van der Waals surface area contributed by atoms with E-state index in [1.807, 2.05) is 0 Å². The average Bonchev–Trinajstić information content (AvgIpc) is 3.24. The SMILES string of the molecule is CC/C=C\C/C=C\C/C=C\C/C=C\C/C=C\CCCCCC(=O)OCC(COC(=O)CCCCCCCCC)OC(=O)CCCCCCC/C=C\C/C=C\CCCCCC. The minimum absolute atomic E-state index is 0.0934. The predicted octanol–water partition coefficient (Wildman–Crippen LogP) is 16.0. The molecule has 0 spiro atoms. The molecule has 0 aromatic carbocycles. The minimum Gasteiger partial charge on any atom is -0.462 e. The summed E-state index contributed by atoms with van der Waals surface area (Å²) in [5.41, 5.74) is 0. The normalized spacial score (nSPS) is 12.8. The van der Waals surface area contributed by atoms with Crippen molar-refractivity contribution in [3.8, 4) is 0 Å². The molecule has 1 unspecified atom stereocenters. The van der Waals surface area contributed by atoms with Crippen molar-refractivity contribution in [2.24, 2.45) is 0 Å². The first-order valence-electron chi connectivity index (χ1n) is 24.6. The summed E-state index contributed by atoms with van der Waals surface area (Å²) in [5.74, 6) is -0.951. The molecule has 0 amide bonds. The zero-order valence-corrected chi connectivity index (χ0v) is 38.9. The molecule has 0 heterocycles. The summed E-state index contributed by atoms with van der Waals surface area (Å²) in [6.07, 6.45) is 61.5. The van der Waals surface area contributed by atoms with Crippen molar-refractivity contribution >= 4 is 17.9 Å². The van der Waals surface area contributed by atoms with Gasteiger partial charge in [-0.05, 0) is 96.3 Å². The third kappa shape index (κ3) is 45.7. The zero-order valence-electron chi connectivity index (χ0n) is 38.9. The van der Waals surface area contributed by atoms with Gasteiger partial charge in [-0.25, -0.2) is 0 Å². The number of allylic oxidation sites excluding steroid dienone is 14. The lowest BCUT2D eigenvalue weighted by Gasteiger charge is -2.18. The molecule has 0 radical (unpaired) electrons. The number of rotatable bonds is 43. The maximum Gasteiger partial charge on any atom is 0.306 e. The molecule has 0 aliphatic carbocycles. The molecule has 0 saturated heterocycles. The van der Waals surface area contributed by atoms with Crippen LogP contribution >= 0.6 is 0 Å². The molecular formula is C54H90O6. The van der Waals surface area contributed by atoms with Gasteiger partial charge in [0.15, 0.2) is 6.10 Å². The topological polar surface area (TPSA) is 78.9 Å². The van der Waals surface area contributed by atoms with Crippen LogP contribution in [0.15, 0.2) is 85.1 Å². The van der Waals surface area contributed by atoms with Gasteiger partial charge in [-0.1, -0.05) is 189 Å². The summed E-state index contributed by atoms with van der Waals surface area (Å²) in [6.45, 7) is 6.41. The second kappa shape index (κ2) is 48.3. The summed E-state index contributed by atoms with van der Waals surface area (Å²) < 4.78 is 16.7. The quantitative estimate of drug-likeness (QED) is 0.0263. The number of esters is 3. The highest BCUT2D eigenvalue weighted by Crippen LogP contribution is 2.13. The number of hydrogen-bond donors (Lipinski definition) is 0. The Morgan fingerprint density at radius 3 is 1.05 bits per heavy atom. The maximum atomic E-state index is 12.7. The monoisotopic (exact) mass is 835 g/mol. The Morgan fingerprint density at radius 2 is 0.650 bits per heavy atom. The lowest BCUT2D eigenvalue weighted by atomic mass is 10.1. The molecule has 0 fully saturated rings. The largest absolute Gasteiger partial charge is 0.462 e. The van der Waals surface area contributed by atoms with E-state index < -0.39 is 6.10 Å². The van der Waals surface area contributed by atoms with E-state index in [1.54, 1.807) is 0 Å². The van der Waals surface area contributed by atoms with Gasteiger partial charge in [0.2, 0.25) is 0 Å². The second-order valence-corrected chi connectivity index (χ2v) is 16.0. The van der Waals surface area contributed by atoms with E-state index in [0.717, 1.165) is 122 Å². The molecule has 0 aromatic heterocycles. The van der Waals surface area contributed by atoms with E-state index in [9.17, 15) is 14.4 Å². The lowest BCUT2D eigenvalue weighted by molar-refractivity contribution is -0.167. The molecule has 0 aromatic rings.